The summed E-state index contributed by atoms with van der Waals surface area (Å²) in [6, 6.07) is 12.7. The minimum Gasteiger partial charge on any atom is -0.475 e. The van der Waals surface area contributed by atoms with Gasteiger partial charge >= 0.3 is 20.2 Å². The lowest BCUT2D eigenvalue weighted by Crippen LogP contribution is -2.12. The van der Waals surface area contributed by atoms with Crippen molar-refractivity contribution >= 4 is 20.2 Å². The first kappa shape index (κ1) is 18.2. The van der Waals surface area contributed by atoms with Gasteiger partial charge in [0, 0.05) is 11.1 Å². The molecular weight excluding hydrogens is 360 g/mol. The molecule has 0 saturated heterocycles. The Morgan fingerprint density at radius 1 is 0.667 bits per heavy atom. The van der Waals surface area contributed by atoms with Gasteiger partial charge < -0.3 is 9.47 Å². The van der Waals surface area contributed by atoms with Crippen molar-refractivity contribution in [2.75, 3.05) is 11.9 Å². The Bertz CT molecular complexity index is 842. The van der Waals surface area contributed by atoms with Crippen LogP contribution in [0.1, 0.15) is 0 Å². The first-order valence-electron chi connectivity index (χ1n) is 6.50. The number of ether oxygens (including phenoxy) is 2. The first-order valence-corrected chi connectivity index (χ1v) is 9.72. The number of rotatable bonds is 7. The third-order valence-corrected chi connectivity index (χ3v) is 3.62. The Morgan fingerprint density at radius 2 is 1.00 bits per heavy atom. The van der Waals surface area contributed by atoms with Crippen molar-refractivity contribution in [3.8, 4) is 22.6 Å². The van der Waals surface area contributed by atoms with Crippen molar-refractivity contribution in [1.82, 2.24) is 0 Å². The van der Waals surface area contributed by atoms with Crippen molar-refractivity contribution in [1.29, 1.82) is 0 Å². The molecule has 0 amide bonds. The van der Waals surface area contributed by atoms with Crippen LogP contribution in [-0.4, -0.2) is 37.8 Å². The van der Waals surface area contributed by atoms with E-state index in [9.17, 15) is 16.8 Å². The summed E-state index contributed by atoms with van der Waals surface area (Å²) >= 11 is 0. The molecule has 130 valence electrons. The third kappa shape index (κ3) is 5.49. The molecule has 2 aromatic rings. The predicted octanol–water partition coefficient (Wildman–Crippen LogP) is 1.80. The van der Waals surface area contributed by atoms with Crippen LogP contribution < -0.4 is 9.47 Å². The van der Waals surface area contributed by atoms with Crippen LogP contribution in [-0.2, 0) is 20.2 Å². The van der Waals surface area contributed by atoms with E-state index in [1.807, 2.05) is 0 Å². The molecule has 2 N–H and O–H groups in total. The highest BCUT2D eigenvalue weighted by atomic mass is 32.2. The zero-order chi connectivity index (χ0) is 17.8. The zero-order valence-corrected chi connectivity index (χ0v) is 13.8. The van der Waals surface area contributed by atoms with Crippen LogP contribution in [0.25, 0.3) is 11.1 Å². The van der Waals surface area contributed by atoms with E-state index in [1.165, 1.54) is 12.1 Å². The maximum Gasteiger partial charge on any atom is 0.300 e. The summed E-state index contributed by atoms with van der Waals surface area (Å²) in [5, 5.41) is 0. The molecule has 0 bridgehead atoms. The van der Waals surface area contributed by atoms with E-state index in [1.54, 1.807) is 36.4 Å². The summed E-state index contributed by atoms with van der Waals surface area (Å²) in [4.78, 5) is 0. The molecule has 2 rings (SSSR count). The molecule has 0 saturated carbocycles. The van der Waals surface area contributed by atoms with Gasteiger partial charge in [0.1, 0.15) is 11.5 Å². The van der Waals surface area contributed by atoms with E-state index >= 15 is 0 Å². The van der Waals surface area contributed by atoms with E-state index < -0.39 is 32.1 Å². The fraction of sp³-hybridized carbons (Fsp3) is 0.143. The monoisotopic (exact) mass is 374 g/mol. The smallest absolute Gasteiger partial charge is 0.300 e. The predicted molar refractivity (Wildman–Crippen MR) is 86.0 cm³/mol. The van der Waals surface area contributed by atoms with Crippen molar-refractivity contribution in [2.24, 2.45) is 0 Å². The van der Waals surface area contributed by atoms with Crippen molar-refractivity contribution in [2.45, 2.75) is 0 Å². The van der Waals surface area contributed by atoms with Crippen molar-refractivity contribution in [3.05, 3.63) is 48.5 Å². The highest BCUT2D eigenvalue weighted by Gasteiger charge is 2.15. The standard InChI is InChI=1S/C14H14O8S2/c15-23(16,17)9-21-13-7-3-1-5-11(13)12-6-2-4-8-14(12)22-10-24(18,19)20/h1-8H,9-10H2,(H,15,16,17)(H,18,19,20). The van der Waals surface area contributed by atoms with Gasteiger partial charge in [-0.15, -0.1) is 0 Å². The van der Waals surface area contributed by atoms with E-state index in [-0.39, 0.29) is 11.5 Å². The van der Waals surface area contributed by atoms with Gasteiger partial charge in [0.2, 0.25) is 11.9 Å². The molecule has 0 aromatic heterocycles. The molecule has 10 heteroatoms. The lowest BCUT2D eigenvalue weighted by Gasteiger charge is -2.14. The van der Waals surface area contributed by atoms with E-state index in [2.05, 4.69) is 0 Å². The molecule has 0 aliphatic carbocycles. The highest BCUT2D eigenvalue weighted by Crippen LogP contribution is 2.36. The number of hydrogen-bond donors (Lipinski definition) is 2. The third-order valence-electron chi connectivity index (χ3n) is 2.79. The van der Waals surface area contributed by atoms with Gasteiger partial charge in [0.15, 0.2) is 0 Å². The summed E-state index contributed by atoms with van der Waals surface area (Å²) < 4.78 is 71.2. The van der Waals surface area contributed by atoms with E-state index in [0.717, 1.165) is 0 Å². The minimum absolute atomic E-state index is 0.151. The molecule has 0 aliphatic rings. The molecule has 0 atom stereocenters. The Balaban J connectivity index is 2.38. The minimum atomic E-state index is -4.33. The van der Waals surface area contributed by atoms with Crippen LogP contribution in [0.5, 0.6) is 11.5 Å². The summed E-state index contributed by atoms with van der Waals surface area (Å²) in [5.74, 6) is -1.56. The van der Waals surface area contributed by atoms with Crippen molar-refractivity contribution < 1.29 is 35.4 Å². The van der Waals surface area contributed by atoms with Crippen LogP contribution in [0.4, 0.5) is 0 Å². The van der Waals surface area contributed by atoms with Gasteiger partial charge in [-0.25, -0.2) is 0 Å². The molecule has 0 fully saturated rings. The molecule has 24 heavy (non-hydrogen) atoms. The van der Waals surface area contributed by atoms with E-state index in [0.29, 0.717) is 11.1 Å². The van der Waals surface area contributed by atoms with Gasteiger partial charge in [0.05, 0.1) is 0 Å². The number of para-hydroxylation sites is 2. The van der Waals surface area contributed by atoms with Crippen LogP contribution in [0.15, 0.2) is 48.5 Å². The maximum absolute atomic E-state index is 10.8. The topological polar surface area (TPSA) is 127 Å². The van der Waals surface area contributed by atoms with Crippen LogP contribution >= 0.6 is 0 Å². The average molecular weight is 374 g/mol. The first-order chi connectivity index (χ1) is 11.2. The Hall–Kier alpha value is -2.14. The summed E-state index contributed by atoms with van der Waals surface area (Å²) in [5.41, 5.74) is 0.846. The SMILES string of the molecule is O=S(=O)(O)COc1ccccc1-c1ccccc1OCS(=O)(=O)O. The van der Waals surface area contributed by atoms with Crippen LogP contribution in [0.3, 0.4) is 0 Å². The van der Waals surface area contributed by atoms with Crippen LogP contribution in [0.2, 0.25) is 0 Å². The summed E-state index contributed by atoms with van der Waals surface area (Å²) in [6.07, 6.45) is 0. The summed E-state index contributed by atoms with van der Waals surface area (Å²) in [6.45, 7) is 0. The second-order valence-corrected chi connectivity index (χ2v) is 7.48. The number of hydrogen-bond acceptors (Lipinski definition) is 6. The molecule has 2 aromatic carbocycles. The fourth-order valence-corrected chi connectivity index (χ4v) is 2.46. The maximum atomic E-state index is 10.8. The second kappa shape index (κ2) is 7.18. The molecule has 0 unspecified atom stereocenters. The largest absolute Gasteiger partial charge is 0.475 e. The molecule has 8 nitrogen and oxygen atoms in total. The molecule has 0 spiro atoms. The second-order valence-electron chi connectivity index (χ2n) is 4.68. The van der Waals surface area contributed by atoms with Gasteiger partial charge in [-0.3, -0.25) is 9.11 Å². The Kier molecular flexibility index (Phi) is 5.44. The normalized spacial score (nSPS) is 11.9. The zero-order valence-electron chi connectivity index (χ0n) is 12.2. The summed E-state index contributed by atoms with van der Waals surface area (Å²) in [7, 11) is -8.65. The van der Waals surface area contributed by atoms with Gasteiger partial charge in [-0.1, -0.05) is 36.4 Å². The number of benzene rings is 2. The van der Waals surface area contributed by atoms with Gasteiger partial charge in [-0.2, -0.15) is 16.8 Å². The molecule has 0 heterocycles. The lowest BCUT2D eigenvalue weighted by atomic mass is 10.0. The average Bonchev–Trinajstić information content (AvgIpc) is 2.50. The highest BCUT2D eigenvalue weighted by molar-refractivity contribution is 7.85. The van der Waals surface area contributed by atoms with Gasteiger partial charge in [-0.05, 0) is 12.1 Å². The Morgan fingerprint density at radius 3 is 1.33 bits per heavy atom. The quantitative estimate of drug-likeness (QED) is 0.702. The Labute approximate surface area is 139 Å². The molecule has 0 aliphatic heterocycles. The lowest BCUT2D eigenvalue weighted by molar-refractivity contribution is 0.349. The van der Waals surface area contributed by atoms with E-state index in [4.69, 9.17) is 18.6 Å². The molecule has 0 radical (unpaired) electrons. The van der Waals surface area contributed by atoms with Crippen LogP contribution in [0, 0.1) is 0 Å². The van der Waals surface area contributed by atoms with Crippen molar-refractivity contribution in [3.63, 3.8) is 0 Å². The molecular formula is C14H14O8S2. The van der Waals surface area contributed by atoms with Gasteiger partial charge in [0.25, 0.3) is 0 Å². The fourth-order valence-electron chi connectivity index (χ4n) is 1.91.